The molecule has 0 amide bonds. The van der Waals surface area contributed by atoms with Gasteiger partial charge in [0.15, 0.2) is 0 Å². The lowest BCUT2D eigenvalue weighted by Crippen LogP contribution is -1.92. The SMILES string of the molecule is CC(=O)CCCc1coc(-c2ccc(Br)cc2)n1.CC(=O)CCCc1coc(-c2ccc(C#N)cc2)n1. The van der Waals surface area contributed by atoms with E-state index in [-0.39, 0.29) is 11.6 Å². The second-order valence-corrected chi connectivity index (χ2v) is 9.51. The van der Waals surface area contributed by atoms with Crippen molar-refractivity contribution in [3.05, 3.63) is 82.5 Å². The molecule has 0 aliphatic carbocycles. The summed E-state index contributed by atoms with van der Waals surface area (Å²) in [6.45, 7) is 3.20. The number of hydrogen-bond acceptors (Lipinski definition) is 7. The number of nitriles is 1. The number of halogens is 1. The van der Waals surface area contributed by atoms with Crippen LogP contribution in [0.1, 0.15) is 56.5 Å². The number of ketones is 2. The van der Waals surface area contributed by atoms with Crippen LogP contribution in [0, 0.1) is 11.3 Å². The van der Waals surface area contributed by atoms with Gasteiger partial charge in [-0.25, -0.2) is 9.97 Å². The standard InChI is InChI=1S/C15H14N2O2.C14H14BrNO2/c1-11(18)3-2-4-14-10-19-15(17-14)13-7-5-12(9-16)6-8-13;1-10(17)3-2-4-13-9-18-14(16-13)11-5-7-12(15)8-6-11/h5-8,10H,2-4H2,1H3;5-9H,2-4H2,1H3. The summed E-state index contributed by atoms with van der Waals surface area (Å²) in [5, 5.41) is 8.73. The Morgan fingerprint density at radius 2 is 1.22 bits per heavy atom. The first-order valence-electron chi connectivity index (χ1n) is 12.0. The minimum atomic E-state index is 0.191. The van der Waals surface area contributed by atoms with Gasteiger partial charge < -0.3 is 18.4 Å². The Morgan fingerprint density at radius 3 is 1.62 bits per heavy atom. The monoisotopic (exact) mass is 561 g/mol. The molecule has 0 bridgehead atoms. The Bertz CT molecular complexity index is 1350. The molecule has 190 valence electrons. The fourth-order valence-electron chi connectivity index (χ4n) is 3.43. The fourth-order valence-corrected chi connectivity index (χ4v) is 3.69. The van der Waals surface area contributed by atoms with Gasteiger partial charge in [-0.2, -0.15) is 5.26 Å². The van der Waals surface area contributed by atoms with Gasteiger partial charge in [-0.05, 0) is 88.1 Å². The fraction of sp³-hybridized carbons (Fsp3) is 0.276. The number of aryl methyl sites for hydroxylation is 2. The molecular weight excluding hydrogens is 534 g/mol. The third kappa shape index (κ3) is 9.28. The smallest absolute Gasteiger partial charge is 0.226 e. The summed E-state index contributed by atoms with van der Waals surface area (Å²) in [6.07, 6.45) is 7.57. The Kier molecular flexibility index (Phi) is 10.5. The Morgan fingerprint density at radius 1 is 0.784 bits per heavy atom. The number of carbonyl (C=O) groups excluding carboxylic acids is 2. The molecular formula is C29H28BrN3O4. The van der Waals surface area contributed by atoms with E-state index in [4.69, 9.17) is 14.1 Å². The lowest BCUT2D eigenvalue weighted by Gasteiger charge is -1.95. The van der Waals surface area contributed by atoms with Gasteiger partial charge in [-0.1, -0.05) is 15.9 Å². The van der Waals surface area contributed by atoms with Crippen LogP contribution in [0.4, 0.5) is 0 Å². The Labute approximate surface area is 224 Å². The van der Waals surface area contributed by atoms with Crippen molar-refractivity contribution in [1.82, 2.24) is 9.97 Å². The second kappa shape index (κ2) is 14.0. The van der Waals surface area contributed by atoms with Crippen LogP contribution < -0.4 is 0 Å². The highest BCUT2D eigenvalue weighted by Gasteiger charge is 2.08. The second-order valence-electron chi connectivity index (χ2n) is 8.60. The van der Waals surface area contributed by atoms with Crippen molar-refractivity contribution in [3.63, 3.8) is 0 Å². The van der Waals surface area contributed by atoms with Crippen LogP contribution in [0.5, 0.6) is 0 Å². The molecule has 2 aromatic heterocycles. The van der Waals surface area contributed by atoms with E-state index in [2.05, 4.69) is 32.0 Å². The van der Waals surface area contributed by atoms with E-state index in [1.807, 2.05) is 36.4 Å². The summed E-state index contributed by atoms with van der Waals surface area (Å²) in [5.41, 5.74) is 4.15. The number of nitrogens with zero attached hydrogens (tertiary/aromatic N) is 3. The molecule has 2 aromatic carbocycles. The highest BCUT2D eigenvalue weighted by Crippen LogP contribution is 2.22. The van der Waals surface area contributed by atoms with Crippen molar-refractivity contribution in [2.45, 2.75) is 52.4 Å². The van der Waals surface area contributed by atoms with E-state index in [0.29, 0.717) is 30.2 Å². The number of carbonyl (C=O) groups is 2. The molecule has 7 nitrogen and oxygen atoms in total. The number of Topliss-reactive ketones (excluding diaryl/α,β-unsaturated/α-hetero) is 2. The van der Waals surface area contributed by atoms with Crippen molar-refractivity contribution >= 4 is 27.5 Å². The van der Waals surface area contributed by atoms with Gasteiger partial charge >= 0.3 is 0 Å². The maximum atomic E-state index is 10.9. The van der Waals surface area contributed by atoms with Crippen LogP contribution in [0.25, 0.3) is 22.9 Å². The lowest BCUT2D eigenvalue weighted by atomic mass is 10.1. The van der Waals surface area contributed by atoms with Gasteiger partial charge in [-0.3, -0.25) is 0 Å². The minimum absolute atomic E-state index is 0.191. The topological polar surface area (TPSA) is 110 Å². The van der Waals surface area contributed by atoms with Crippen LogP contribution in [-0.2, 0) is 22.4 Å². The average molecular weight is 562 g/mol. The lowest BCUT2D eigenvalue weighted by molar-refractivity contribution is -0.117. The molecule has 37 heavy (non-hydrogen) atoms. The minimum Gasteiger partial charge on any atom is -0.444 e. The van der Waals surface area contributed by atoms with Crippen molar-refractivity contribution in [3.8, 4) is 29.0 Å². The summed E-state index contributed by atoms with van der Waals surface area (Å²) in [6, 6.07) is 17.0. The van der Waals surface area contributed by atoms with E-state index in [1.54, 1.807) is 38.5 Å². The summed E-state index contributed by atoms with van der Waals surface area (Å²) >= 11 is 3.39. The van der Waals surface area contributed by atoms with Crippen molar-refractivity contribution in [1.29, 1.82) is 5.26 Å². The molecule has 8 heteroatoms. The number of benzene rings is 2. The number of hydrogen-bond donors (Lipinski definition) is 0. The zero-order valence-corrected chi connectivity index (χ0v) is 22.5. The third-order valence-corrected chi connectivity index (χ3v) is 5.91. The zero-order valence-electron chi connectivity index (χ0n) is 20.9. The highest BCUT2D eigenvalue weighted by molar-refractivity contribution is 9.10. The molecule has 0 spiro atoms. The molecule has 4 rings (SSSR count). The van der Waals surface area contributed by atoms with Crippen molar-refractivity contribution in [2.24, 2.45) is 0 Å². The molecule has 4 aromatic rings. The first kappa shape index (κ1) is 27.8. The van der Waals surface area contributed by atoms with Gasteiger partial charge in [0.2, 0.25) is 11.8 Å². The quantitative estimate of drug-likeness (QED) is 0.202. The molecule has 0 saturated heterocycles. The van der Waals surface area contributed by atoms with Crippen LogP contribution in [-0.4, -0.2) is 21.5 Å². The molecule has 0 aliphatic rings. The van der Waals surface area contributed by atoms with Gasteiger partial charge in [0.25, 0.3) is 0 Å². The van der Waals surface area contributed by atoms with Gasteiger partial charge in [-0.15, -0.1) is 0 Å². The molecule has 0 atom stereocenters. The normalized spacial score (nSPS) is 10.3. The molecule has 0 aliphatic heterocycles. The number of aromatic nitrogens is 2. The number of oxazole rings is 2. The van der Waals surface area contributed by atoms with Crippen LogP contribution in [0.15, 0.2) is 74.4 Å². The average Bonchev–Trinajstić information content (AvgIpc) is 3.55. The van der Waals surface area contributed by atoms with Crippen LogP contribution >= 0.6 is 15.9 Å². The maximum Gasteiger partial charge on any atom is 0.226 e. The Hall–Kier alpha value is -3.83. The molecule has 0 radical (unpaired) electrons. The van der Waals surface area contributed by atoms with Crippen LogP contribution in [0.2, 0.25) is 0 Å². The molecule has 2 heterocycles. The van der Waals surface area contributed by atoms with E-state index >= 15 is 0 Å². The highest BCUT2D eigenvalue weighted by atomic mass is 79.9. The van der Waals surface area contributed by atoms with E-state index in [1.165, 1.54) is 0 Å². The molecule has 0 fully saturated rings. The zero-order chi connectivity index (χ0) is 26.6. The molecule has 0 N–H and O–H groups in total. The Balaban J connectivity index is 0.000000206. The van der Waals surface area contributed by atoms with E-state index in [9.17, 15) is 9.59 Å². The summed E-state index contributed by atoms with van der Waals surface area (Å²) in [5.74, 6) is 1.57. The van der Waals surface area contributed by atoms with Crippen LogP contribution in [0.3, 0.4) is 0 Å². The van der Waals surface area contributed by atoms with E-state index in [0.717, 1.165) is 52.7 Å². The predicted octanol–water partition coefficient (Wildman–Crippen LogP) is 7.14. The van der Waals surface area contributed by atoms with Crippen molar-refractivity contribution < 1.29 is 18.4 Å². The number of rotatable bonds is 10. The maximum absolute atomic E-state index is 10.9. The van der Waals surface area contributed by atoms with E-state index < -0.39 is 0 Å². The first-order valence-corrected chi connectivity index (χ1v) is 12.8. The molecule has 0 saturated carbocycles. The van der Waals surface area contributed by atoms with Gasteiger partial charge in [0.05, 0.1) is 23.0 Å². The largest absolute Gasteiger partial charge is 0.444 e. The van der Waals surface area contributed by atoms with Gasteiger partial charge in [0.1, 0.15) is 24.1 Å². The predicted molar refractivity (Wildman–Crippen MR) is 144 cm³/mol. The third-order valence-electron chi connectivity index (χ3n) is 5.38. The summed E-state index contributed by atoms with van der Waals surface area (Å²) in [7, 11) is 0. The van der Waals surface area contributed by atoms with Crippen molar-refractivity contribution in [2.75, 3.05) is 0 Å². The first-order chi connectivity index (χ1) is 17.8. The summed E-state index contributed by atoms with van der Waals surface area (Å²) in [4.78, 5) is 30.5. The summed E-state index contributed by atoms with van der Waals surface area (Å²) < 4.78 is 11.9. The molecule has 0 unspecified atom stereocenters. The van der Waals surface area contributed by atoms with Gasteiger partial charge in [0, 0.05) is 28.4 Å².